The Balaban J connectivity index is 1.96. The molecule has 2 aromatic rings. The quantitative estimate of drug-likeness (QED) is 0.527. The number of rotatable bonds is 7. The van der Waals surface area contributed by atoms with E-state index in [0.29, 0.717) is 24.6 Å². The third-order valence-electron chi connectivity index (χ3n) is 3.97. The van der Waals surface area contributed by atoms with Crippen molar-refractivity contribution < 1.29 is 9.18 Å². The number of primary amides is 1. The highest BCUT2D eigenvalue weighted by molar-refractivity contribution is 5.92. The summed E-state index contributed by atoms with van der Waals surface area (Å²) in [5, 5.41) is 6.46. The monoisotopic (exact) mass is 356 g/mol. The van der Waals surface area contributed by atoms with E-state index in [9.17, 15) is 9.18 Å². The number of amides is 1. The molecule has 0 spiro atoms. The van der Waals surface area contributed by atoms with E-state index < -0.39 is 5.91 Å². The van der Waals surface area contributed by atoms with Crippen LogP contribution in [0, 0.1) is 12.7 Å². The van der Waals surface area contributed by atoms with Crippen molar-refractivity contribution in [2.24, 2.45) is 10.7 Å². The first-order valence-corrected chi connectivity index (χ1v) is 8.65. The van der Waals surface area contributed by atoms with E-state index in [1.807, 2.05) is 26.0 Å². The Morgan fingerprint density at radius 2 is 2.00 bits per heavy atom. The lowest BCUT2D eigenvalue weighted by atomic mass is 10.1. The van der Waals surface area contributed by atoms with E-state index in [0.717, 1.165) is 29.7 Å². The van der Waals surface area contributed by atoms with Gasteiger partial charge in [-0.1, -0.05) is 18.2 Å². The van der Waals surface area contributed by atoms with Gasteiger partial charge in [0.2, 0.25) is 5.91 Å². The van der Waals surface area contributed by atoms with Crippen LogP contribution in [0.1, 0.15) is 34.0 Å². The maximum absolute atomic E-state index is 13.2. The molecule has 2 aromatic carbocycles. The Bertz CT molecular complexity index is 789. The van der Waals surface area contributed by atoms with Gasteiger partial charge in [0.15, 0.2) is 5.96 Å². The van der Waals surface area contributed by atoms with Crippen molar-refractivity contribution >= 4 is 11.9 Å². The first kappa shape index (κ1) is 19.4. The average Bonchev–Trinajstić information content (AvgIpc) is 2.61. The Kier molecular flexibility index (Phi) is 7.14. The van der Waals surface area contributed by atoms with Gasteiger partial charge in [0, 0.05) is 18.7 Å². The molecule has 0 radical (unpaired) electrons. The zero-order valence-electron chi connectivity index (χ0n) is 15.2. The van der Waals surface area contributed by atoms with E-state index in [2.05, 4.69) is 15.6 Å². The third kappa shape index (κ3) is 5.88. The van der Waals surface area contributed by atoms with E-state index in [4.69, 9.17) is 5.73 Å². The molecule has 0 fully saturated rings. The Hall–Kier alpha value is -2.89. The van der Waals surface area contributed by atoms with Gasteiger partial charge in [-0.05, 0) is 61.2 Å². The number of carbonyl (C=O) groups excluding carboxylic acids is 1. The minimum absolute atomic E-state index is 0.215. The SMILES string of the molecule is CCNC(=NCc1cccc(C(N)=O)c1)NCCc1ccc(F)cc1C. The number of halogens is 1. The maximum Gasteiger partial charge on any atom is 0.248 e. The van der Waals surface area contributed by atoms with Gasteiger partial charge in [-0.15, -0.1) is 0 Å². The Labute approximate surface area is 153 Å². The molecule has 0 saturated heterocycles. The van der Waals surface area contributed by atoms with E-state index in [1.165, 1.54) is 6.07 Å². The number of guanidine groups is 1. The molecule has 0 aromatic heterocycles. The predicted molar refractivity (Wildman–Crippen MR) is 103 cm³/mol. The number of hydrogen-bond donors (Lipinski definition) is 3. The van der Waals surface area contributed by atoms with Gasteiger partial charge in [0.1, 0.15) is 5.82 Å². The van der Waals surface area contributed by atoms with Crippen LogP contribution in [-0.4, -0.2) is 25.0 Å². The molecule has 2 rings (SSSR count). The summed E-state index contributed by atoms with van der Waals surface area (Å²) < 4.78 is 13.2. The van der Waals surface area contributed by atoms with E-state index >= 15 is 0 Å². The molecule has 0 saturated carbocycles. The van der Waals surface area contributed by atoms with Crippen molar-refractivity contribution in [2.45, 2.75) is 26.8 Å². The molecule has 1 amide bonds. The van der Waals surface area contributed by atoms with Gasteiger partial charge in [-0.25, -0.2) is 9.38 Å². The lowest BCUT2D eigenvalue weighted by Gasteiger charge is -2.12. The number of aliphatic imine (C=N–C) groups is 1. The number of benzene rings is 2. The third-order valence-corrected chi connectivity index (χ3v) is 3.97. The second-order valence-electron chi connectivity index (χ2n) is 6.01. The lowest BCUT2D eigenvalue weighted by Crippen LogP contribution is -2.38. The van der Waals surface area contributed by atoms with Crippen molar-refractivity contribution in [1.82, 2.24) is 10.6 Å². The lowest BCUT2D eigenvalue weighted by molar-refractivity contribution is 0.1000. The van der Waals surface area contributed by atoms with Gasteiger partial charge < -0.3 is 16.4 Å². The van der Waals surface area contributed by atoms with Crippen molar-refractivity contribution in [3.63, 3.8) is 0 Å². The highest BCUT2D eigenvalue weighted by atomic mass is 19.1. The Morgan fingerprint density at radius 3 is 2.69 bits per heavy atom. The standard InChI is InChI=1S/C20H25FN4O/c1-3-23-20(24-10-9-16-7-8-18(21)11-14(16)2)25-13-15-5-4-6-17(12-15)19(22)26/h4-8,11-12H,3,9-10,13H2,1-2H3,(H2,22,26)(H2,23,24,25). The molecule has 138 valence electrons. The van der Waals surface area contributed by atoms with Gasteiger partial charge in [-0.3, -0.25) is 4.79 Å². The van der Waals surface area contributed by atoms with Crippen LogP contribution in [0.2, 0.25) is 0 Å². The summed E-state index contributed by atoms with van der Waals surface area (Å²) in [6.07, 6.45) is 0.772. The van der Waals surface area contributed by atoms with Crippen molar-refractivity contribution in [1.29, 1.82) is 0 Å². The first-order chi connectivity index (χ1) is 12.5. The van der Waals surface area contributed by atoms with Crippen molar-refractivity contribution in [3.05, 3.63) is 70.5 Å². The van der Waals surface area contributed by atoms with Gasteiger partial charge in [0.25, 0.3) is 0 Å². The normalized spacial score (nSPS) is 11.3. The van der Waals surface area contributed by atoms with Crippen LogP contribution >= 0.6 is 0 Å². The van der Waals surface area contributed by atoms with Gasteiger partial charge >= 0.3 is 0 Å². The number of nitrogens with one attached hydrogen (secondary N) is 2. The van der Waals surface area contributed by atoms with Crippen LogP contribution in [-0.2, 0) is 13.0 Å². The number of hydrogen-bond acceptors (Lipinski definition) is 2. The fraction of sp³-hybridized carbons (Fsp3) is 0.300. The maximum atomic E-state index is 13.2. The minimum atomic E-state index is -0.449. The molecule has 0 bridgehead atoms. The molecule has 0 unspecified atom stereocenters. The fourth-order valence-corrected chi connectivity index (χ4v) is 2.59. The molecule has 0 aliphatic carbocycles. The number of carbonyl (C=O) groups is 1. The summed E-state index contributed by atoms with van der Waals surface area (Å²) in [4.78, 5) is 15.8. The van der Waals surface area contributed by atoms with E-state index in [-0.39, 0.29) is 5.82 Å². The molecular formula is C20H25FN4O. The van der Waals surface area contributed by atoms with Crippen molar-refractivity contribution in [3.8, 4) is 0 Å². The number of nitrogens with zero attached hydrogens (tertiary/aromatic N) is 1. The molecule has 4 N–H and O–H groups in total. The number of nitrogens with two attached hydrogens (primary N) is 1. The van der Waals surface area contributed by atoms with Crippen LogP contribution in [0.15, 0.2) is 47.5 Å². The second-order valence-corrected chi connectivity index (χ2v) is 6.01. The van der Waals surface area contributed by atoms with Crippen LogP contribution < -0.4 is 16.4 Å². The molecule has 0 aliphatic heterocycles. The summed E-state index contributed by atoms with van der Waals surface area (Å²) in [6, 6.07) is 12.0. The largest absolute Gasteiger partial charge is 0.366 e. The topological polar surface area (TPSA) is 79.5 Å². The summed E-state index contributed by atoms with van der Waals surface area (Å²) in [7, 11) is 0. The van der Waals surface area contributed by atoms with Gasteiger partial charge in [0.05, 0.1) is 6.54 Å². The van der Waals surface area contributed by atoms with Crippen molar-refractivity contribution in [2.75, 3.05) is 13.1 Å². The van der Waals surface area contributed by atoms with E-state index in [1.54, 1.807) is 24.3 Å². The predicted octanol–water partition coefficient (Wildman–Crippen LogP) is 2.53. The fourth-order valence-electron chi connectivity index (χ4n) is 2.59. The molecule has 0 heterocycles. The zero-order chi connectivity index (χ0) is 18.9. The smallest absolute Gasteiger partial charge is 0.248 e. The van der Waals surface area contributed by atoms with Crippen LogP contribution in [0.25, 0.3) is 0 Å². The highest BCUT2D eigenvalue weighted by Crippen LogP contribution is 2.10. The number of aryl methyl sites for hydroxylation is 1. The average molecular weight is 356 g/mol. The summed E-state index contributed by atoms with van der Waals surface area (Å²) >= 11 is 0. The van der Waals surface area contributed by atoms with Crippen LogP contribution in [0.4, 0.5) is 4.39 Å². The zero-order valence-corrected chi connectivity index (χ0v) is 15.2. The molecule has 0 atom stereocenters. The molecule has 5 nitrogen and oxygen atoms in total. The summed E-state index contributed by atoms with van der Waals surface area (Å²) in [6.45, 7) is 5.76. The summed E-state index contributed by atoms with van der Waals surface area (Å²) in [5.74, 6) is 0.0274. The van der Waals surface area contributed by atoms with Crippen LogP contribution in [0.5, 0.6) is 0 Å². The first-order valence-electron chi connectivity index (χ1n) is 8.65. The van der Waals surface area contributed by atoms with Crippen LogP contribution in [0.3, 0.4) is 0 Å². The highest BCUT2D eigenvalue weighted by Gasteiger charge is 2.03. The van der Waals surface area contributed by atoms with Gasteiger partial charge in [-0.2, -0.15) is 0 Å². The molecule has 6 heteroatoms. The minimum Gasteiger partial charge on any atom is -0.366 e. The second kappa shape index (κ2) is 9.56. The molecule has 26 heavy (non-hydrogen) atoms. The Morgan fingerprint density at radius 1 is 1.19 bits per heavy atom. The molecule has 0 aliphatic rings. The summed E-state index contributed by atoms with van der Waals surface area (Å²) in [5.41, 5.74) is 8.73. The molecular weight excluding hydrogens is 331 g/mol.